The van der Waals surface area contributed by atoms with Crippen molar-refractivity contribution in [3.8, 4) is 0 Å². The molecule has 0 saturated heterocycles. The zero-order valence-corrected chi connectivity index (χ0v) is 14.3. The number of amides is 2. The molecule has 3 rings (SSSR count). The second kappa shape index (κ2) is 7.63. The molecule has 0 fully saturated rings. The molecule has 1 N–H and O–H groups in total. The van der Waals surface area contributed by atoms with E-state index in [2.05, 4.69) is 4.99 Å². The van der Waals surface area contributed by atoms with E-state index in [4.69, 9.17) is 0 Å². The molecule has 0 spiro atoms. The van der Waals surface area contributed by atoms with Crippen LogP contribution in [-0.2, 0) is 14.4 Å². The zero-order valence-electron chi connectivity index (χ0n) is 14.3. The quantitative estimate of drug-likeness (QED) is 0.814. The number of hydrogen-bond donors (Lipinski definition) is 1. The number of rotatable bonds is 4. The van der Waals surface area contributed by atoms with Crippen LogP contribution in [0.2, 0.25) is 0 Å². The summed E-state index contributed by atoms with van der Waals surface area (Å²) in [6.07, 6.45) is -6.57. The monoisotopic (exact) mass is 389 g/mol. The number of para-hydroxylation sites is 1. The third-order valence-electron chi connectivity index (χ3n) is 4.04. The van der Waals surface area contributed by atoms with Gasteiger partial charge in [0.25, 0.3) is 5.91 Å². The molecule has 1 unspecified atom stereocenters. The first-order valence-electron chi connectivity index (χ1n) is 8.18. The SMILES string of the molecule is O=CCN1C(=O)C(NC(=O)C(F)(F)F)N=C(c2ccccc2)c2ccccc21. The summed E-state index contributed by atoms with van der Waals surface area (Å²) in [7, 11) is 0. The van der Waals surface area contributed by atoms with E-state index < -0.39 is 30.7 Å². The van der Waals surface area contributed by atoms with Gasteiger partial charge in [0, 0.05) is 11.1 Å². The van der Waals surface area contributed by atoms with Crippen LogP contribution in [0.15, 0.2) is 59.6 Å². The summed E-state index contributed by atoms with van der Waals surface area (Å²) in [5.74, 6) is -3.23. The minimum atomic E-state index is -5.18. The van der Waals surface area contributed by atoms with E-state index in [0.29, 0.717) is 23.1 Å². The highest BCUT2D eigenvalue weighted by atomic mass is 19.4. The van der Waals surface area contributed by atoms with Crippen molar-refractivity contribution in [1.29, 1.82) is 0 Å². The highest BCUT2D eigenvalue weighted by Crippen LogP contribution is 2.28. The lowest BCUT2D eigenvalue weighted by molar-refractivity contribution is -0.174. The number of carbonyl (C=O) groups excluding carboxylic acids is 3. The highest BCUT2D eigenvalue weighted by molar-refractivity contribution is 6.20. The lowest BCUT2D eigenvalue weighted by atomic mass is 10.0. The zero-order chi connectivity index (χ0) is 20.3. The Balaban J connectivity index is 2.17. The standard InChI is InChI=1S/C19H14F3N3O3/c20-19(21,22)18(28)24-16-17(27)25(10-11-26)14-9-5-4-8-13(14)15(23-16)12-6-2-1-3-7-12/h1-9,11,16H,10H2,(H,24,28). The van der Waals surface area contributed by atoms with Crippen molar-refractivity contribution in [3.63, 3.8) is 0 Å². The number of benzene rings is 2. The van der Waals surface area contributed by atoms with E-state index in [1.165, 1.54) is 0 Å². The summed E-state index contributed by atoms with van der Waals surface area (Å²) in [6.45, 7) is -0.397. The fourth-order valence-corrected chi connectivity index (χ4v) is 2.82. The van der Waals surface area contributed by atoms with Gasteiger partial charge in [-0.15, -0.1) is 0 Å². The van der Waals surface area contributed by atoms with Crippen molar-refractivity contribution in [2.24, 2.45) is 4.99 Å². The van der Waals surface area contributed by atoms with Crippen molar-refractivity contribution >= 4 is 29.5 Å². The van der Waals surface area contributed by atoms with Crippen LogP contribution in [0.5, 0.6) is 0 Å². The van der Waals surface area contributed by atoms with Gasteiger partial charge >= 0.3 is 12.1 Å². The van der Waals surface area contributed by atoms with E-state index in [0.717, 1.165) is 4.90 Å². The van der Waals surface area contributed by atoms with Gasteiger partial charge in [-0.3, -0.25) is 9.59 Å². The molecule has 0 aliphatic carbocycles. The number of benzodiazepines with no additional fused rings is 1. The number of aliphatic imine (C=N–C) groups is 1. The fourth-order valence-electron chi connectivity index (χ4n) is 2.82. The summed E-state index contributed by atoms with van der Waals surface area (Å²) in [5, 5.41) is 1.61. The van der Waals surface area contributed by atoms with Gasteiger partial charge in [0.15, 0.2) is 0 Å². The van der Waals surface area contributed by atoms with Gasteiger partial charge < -0.3 is 15.0 Å². The molecule has 1 heterocycles. The van der Waals surface area contributed by atoms with Crippen LogP contribution >= 0.6 is 0 Å². The maximum atomic E-state index is 12.8. The van der Waals surface area contributed by atoms with Crippen LogP contribution in [0.4, 0.5) is 18.9 Å². The van der Waals surface area contributed by atoms with Gasteiger partial charge in [-0.2, -0.15) is 13.2 Å². The maximum absolute atomic E-state index is 12.8. The molecule has 0 bridgehead atoms. The second-order valence-corrected chi connectivity index (χ2v) is 5.85. The largest absolute Gasteiger partial charge is 0.471 e. The number of aldehydes is 1. The summed E-state index contributed by atoms with van der Waals surface area (Å²) in [6, 6.07) is 15.0. The van der Waals surface area contributed by atoms with Gasteiger partial charge in [0.05, 0.1) is 17.9 Å². The van der Waals surface area contributed by atoms with Crippen molar-refractivity contribution in [2.75, 3.05) is 11.4 Å². The molecule has 0 radical (unpaired) electrons. The Morgan fingerprint density at radius 3 is 2.39 bits per heavy atom. The number of nitrogens with zero attached hydrogens (tertiary/aromatic N) is 2. The minimum absolute atomic E-state index is 0.227. The summed E-state index contributed by atoms with van der Waals surface area (Å²) in [4.78, 5) is 40.5. The fraction of sp³-hybridized carbons (Fsp3) is 0.158. The van der Waals surface area contributed by atoms with Gasteiger partial charge in [0.2, 0.25) is 6.17 Å². The number of anilines is 1. The Morgan fingerprint density at radius 2 is 1.75 bits per heavy atom. The first-order chi connectivity index (χ1) is 13.3. The molecule has 2 amide bonds. The van der Waals surface area contributed by atoms with E-state index in [1.807, 2.05) is 0 Å². The topological polar surface area (TPSA) is 78.8 Å². The lowest BCUT2D eigenvalue weighted by Gasteiger charge is -2.23. The molecule has 2 aromatic carbocycles. The molecule has 0 aromatic heterocycles. The summed E-state index contributed by atoms with van der Waals surface area (Å²) < 4.78 is 38.2. The molecule has 28 heavy (non-hydrogen) atoms. The molecule has 0 saturated carbocycles. The molecular weight excluding hydrogens is 375 g/mol. The molecular formula is C19H14F3N3O3. The molecule has 1 aliphatic heterocycles. The molecule has 2 aromatic rings. The Kier molecular flexibility index (Phi) is 5.25. The number of fused-ring (bicyclic) bond motifs is 1. The van der Waals surface area contributed by atoms with Crippen molar-refractivity contribution in [2.45, 2.75) is 12.3 Å². The van der Waals surface area contributed by atoms with Crippen molar-refractivity contribution in [1.82, 2.24) is 5.32 Å². The Bertz CT molecular complexity index is 942. The first kappa shape index (κ1) is 19.3. The minimum Gasteiger partial charge on any atom is -0.319 e. The normalized spacial score (nSPS) is 16.7. The number of hydrogen-bond acceptors (Lipinski definition) is 4. The Morgan fingerprint density at radius 1 is 1.11 bits per heavy atom. The average Bonchev–Trinajstić information content (AvgIpc) is 2.79. The third-order valence-corrected chi connectivity index (χ3v) is 4.04. The molecule has 1 atom stereocenters. The third kappa shape index (κ3) is 3.78. The number of carbonyl (C=O) groups is 3. The van der Waals surface area contributed by atoms with Gasteiger partial charge in [-0.1, -0.05) is 48.5 Å². The maximum Gasteiger partial charge on any atom is 0.471 e. The molecule has 144 valence electrons. The van der Waals surface area contributed by atoms with Crippen LogP contribution in [0.3, 0.4) is 0 Å². The smallest absolute Gasteiger partial charge is 0.319 e. The van der Waals surface area contributed by atoms with E-state index in [9.17, 15) is 27.6 Å². The number of alkyl halides is 3. The van der Waals surface area contributed by atoms with Crippen LogP contribution in [0, 0.1) is 0 Å². The Hall–Kier alpha value is -3.49. The summed E-state index contributed by atoms with van der Waals surface area (Å²) in [5.41, 5.74) is 1.53. The molecule has 6 nitrogen and oxygen atoms in total. The van der Waals surface area contributed by atoms with Crippen LogP contribution in [0.25, 0.3) is 0 Å². The predicted octanol–water partition coefficient (Wildman–Crippen LogP) is 2.07. The van der Waals surface area contributed by atoms with Gasteiger partial charge in [-0.05, 0) is 6.07 Å². The summed E-state index contributed by atoms with van der Waals surface area (Å²) >= 11 is 0. The molecule has 9 heteroatoms. The van der Waals surface area contributed by atoms with Gasteiger partial charge in [-0.25, -0.2) is 4.99 Å². The van der Waals surface area contributed by atoms with E-state index in [-0.39, 0.29) is 5.71 Å². The molecule has 1 aliphatic rings. The van der Waals surface area contributed by atoms with E-state index >= 15 is 0 Å². The van der Waals surface area contributed by atoms with Crippen molar-refractivity contribution < 1.29 is 27.6 Å². The lowest BCUT2D eigenvalue weighted by Crippen LogP contribution is -2.51. The highest BCUT2D eigenvalue weighted by Gasteiger charge is 2.42. The number of nitrogens with one attached hydrogen (secondary N) is 1. The first-order valence-corrected chi connectivity index (χ1v) is 8.18. The van der Waals surface area contributed by atoms with Crippen LogP contribution in [-0.4, -0.2) is 42.7 Å². The number of halogens is 3. The Labute approximate surface area is 157 Å². The van der Waals surface area contributed by atoms with E-state index in [1.54, 1.807) is 59.9 Å². The second-order valence-electron chi connectivity index (χ2n) is 5.85. The van der Waals surface area contributed by atoms with Crippen molar-refractivity contribution in [3.05, 3.63) is 65.7 Å². The van der Waals surface area contributed by atoms with Crippen LogP contribution < -0.4 is 10.2 Å². The average molecular weight is 389 g/mol. The van der Waals surface area contributed by atoms with Crippen LogP contribution in [0.1, 0.15) is 11.1 Å². The van der Waals surface area contributed by atoms with Gasteiger partial charge in [0.1, 0.15) is 6.29 Å². The predicted molar refractivity (Wildman–Crippen MR) is 94.9 cm³/mol.